The summed E-state index contributed by atoms with van der Waals surface area (Å²) in [7, 11) is 1.65. The number of benzene rings is 3. The number of carboxylic acids is 3. The molecule has 0 fully saturated rings. The Morgan fingerprint density at radius 1 is 0.611 bits per heavy atom. The van der Waals surface area contributed by atoms with E-state index in [4.69, 9.17) is 4.74 Å². The van der Waals surface area contributed by atoms with Crippen LogP contribution in [0.4, 0.5) is 0 Å². The Kier molecular flexibility index (Phi) is 17.2. The first-order chi connectivity index (χ1) is 16.8. The number of aromatic carboxylic acids is 3. The van der Waals surface area contributed by atoms with Gasteiger partial charge in [0, 0.05) is 27.3 Å². The fraction of sp³-hybridized carbons (Fsp3) is 0.0357. The molecule has 1 aliphatic rings. The maximum atomic E-state index is 10.1. The Morgan fingerprint density at radius 3 is 1.11 bits per heavy atom. The molecule has 0 spiro atoms. The summed E-state index contributed by atoms with van der Waals surface area (Å²) in [6.45, 7) is 0. The van der Waals surface area contributed by atoms with Crippen LogP contribution in [0.5, 0.6) is 0 Å². The largest absolute Gasteiger partial charge is 0.545 e. The van der Waals surface area contributed by atoms with Gasteiger partial charge in [-0.25, -0.2) is 0 Å². The van der Waals surface area contributed by atoms with E-state index in [1.54, 1.807) is 61.7 Å². The van der Waals surface area contributed by atoms with Crippen molar-refractivity contribution in [1.82, 2.24) is 0 Å². The van der Waals surface area contributed by atoms with Crippen molar-refractivity contribution in [2.24, 2.45) is 0 Å². The minimum Gasteiger partial charge on any atom is -0.545 e. The van der Waals surface area contributed by atoms with Crippen molar-refractivity contribution in [3.8, 4) is 0 Å². The number of hydrogen-bond acceptors (Lipinski definition) is 7. The Bertz CT molecular complexity index is 1030. The van der Waals surface area contributed by atoms with Crippen molar-refractivity contribution in [2.75, 3.05) is 7.11 Å². The molecule has 4 rings (SSSR count). The molecule has 1 aliphatic carbocycles. The van der Waals surface area contributed by atoms with E-state index in [9.17, 15) is 29.7 Å². The van der Waals surface area contributed by atoms with Crippen LogP contribution >= 0.6 is 0 Å². The van der Waals surface area contributed by atoms with Crippen LogP contribution in [0.2, 0.25) is 0 Å². The average molecular weight is 678 g/mol. The maximum absolute atomic E-state index is 10.1. The SMILES string of the molecule is COC1=CC=C=C[CH]1.O=C([O-])c1ccccc1.O=C([O-])c1ccccc1.O=C([O-])c1ccccc1.[Pb]. The summed E-state index contributed by atoms with van der Waals surface area (Å²) in [6.07, 6.45) is 7.36. The standard InChI is InChI=1S/3C7H6O2.C7H7O.Pb/c3*8-7(9)6-4-2-1-3-5-6;1-8-7-5-3-2-4-6-7;/h3*1-5H,(H,8,9);3-6H,1H3;/p-3. The molecule has 0 heterocycles. The number of hydrogen-bond donors (Lipinski definition) is 0. The predicted molar refractivity (Wildman–Crippen MR) is 130 cm³/mol. The summed E-state index contributed by atoms with van der Waals surface area (Å²) in [5.41, 5.74) is 3.55. The van der Waals surface area contributed by atoms with Crippen LogP contribution < -0.4 is 15.3 Å². The molecule has 3 aromatic rings. The minimum atomic E-state index is -1.13. The number of ether oxygens (including phenoxy) is 1. The molecule has 3 aromatic carbocycles. The number of carbonyl (C=O) groups excluding carboxylic acids is 3. The van der Waals surface area contributed by atoms with Crippen molar-refractivity contribution in [3.63, 3.8) is 0 Å². The summed E-state index contributed by atoms with van der Waals surface area (Å²) in [6, 6.07) is 24.2. The smallest absolute Gasteiger partial charge is 0.105 e. The van der Waals surface area contributed by atoms with E-state index in [1.165, 1.54) is 36.4 Å². The van der Waals surface area contributed by atoms with Gasteiger partial charge in [-0.05, 0) is 34.9 Å². The Morgan fingerprint density at radius 2 is 0.944 bits per heavy atom. The Hall–Kier alpha value is -3.95. The molecule has 0 unspecified atom stereocenters. The van der Waals surface area contributed by atoms with E-state index in [2.05, 4.69) is 5.73 Å². The van der Waals surface area contributed by atoms with Gasteiger partial charge in [-0.2, -0.15) is 0 Å². The van der Waals surface area contributed by atoms with E-state index in [-0.39, 0.29) is 44.0 Å². The molecule has 0 saturated carbocycles. The summed E-state index contributed by atoms with van der Waals surface area (Å²) < 4.78 is 4.89. The van der Waals surface area contributed by atoms with Crippen LogP contribution in [0.15, 0.2) is 121 Å². The molecule has 0 amide bonds. The molecule has 7 nitrogen and oxygen atoms in total. The van der Waals surface area contributed by atoms with Gasteiger partial charge in [-0.3, -0.25) is 0 Å². The van der Waals surface area contributed by atoms with Gasteiger partial charge in [0.1, 0.15) is 5.76 Å². The van der Waals surface area contributed by atoms with Gasteiger partial charge in [-0.15, -0.1) is 5.73 Å². The van der Waals surface area contributed by atoms with Gasteiger partial charge in [0.05, 0.1) is 31.4 Å². The molecule has 0 aliphatic heterocycles. The average Bonchev–Trinajstić information content (AvgIpc) is 2.91. The molecule has 0 atom stereocenters. The molecule has 0 bridgehead atoms. The van der Waals surface area contributed by atoms with Gasteiger partial charge in [0.2, 0.25) is 0 Å². The molecule has 0 N–H and O–H groups in total. The van der Waals surface area contributed by atoms with E-state index < -0.39 is 17.9 Å². The molecule has 183 valence electrons. The molecule has 8 heteroatoms. The topological polar surface area (TPSA) is 130 Å². The zero-order chi connectivity index (χ0) is 25.9. The van der Waals surface area contributed by atoms with Crippen LogP contribution in [0.1, 0.15) is 31.1 Å². The summed E-state index contributed by atoms with van der Waals surface area (Å²) in [5.74, 6) is -2.51. The third-order valence-corrected chi connectivity index (χ3v) is 3.95. The first-order valence-electron chi connectivity index (χ1n) is 10.1. The van der Waals surface area contributed by atoms with Crippen molar-refractivity contribution < 1.29 is 34.4 Å². The number of methoxy groups -OCH3 is 1. The first kappa shape index (κ1) is 32.1. The van der Waals surface area contributed by atoms with E-state index in [0.717, 1.165) is 5.76 Å². The fourth-order valence-electron chi connectivity index (χ4n) is 2.23. The maximum Gasteiger partial charge on any atom is 0.105 e. The third-order valence-electron chi connectivity index (χ3n) is 3.95. The van der Waals surface area contributed by atoms with Crippen LogP contribution in [0.25, 0.3) is 0 Å². The van der Waals surface area contributed by atoms with Crippen LogP contribution in [0.3, 0.4) is 0 Å². The molecule has 36 heavy (non-hydrogen) atoms. The van der Waals surface area contributed by atoms with Gasteiger partial charge < -0.3 is 34.4 Å². The minimum absolute atomic E-state index is 0. The fourth-order valence-corrected chi connectivity index (χ4v) is 2.23. The van der Waals surface area contributed by atoms with Crippen molar-refractivity contribution >= 4 is 45.2 Å². The van der Waals surface area contributed by atoms with Crippen LogP contribution in [-0.2, 0) is 4.74 Å². The molecular weight excluding hydrogens is 656 g/mol. The second kappa shape index (κ2) is 19.4. The Balaban J connectivity index is 0.000000450. The van der Waals surface area contributed by atoms with Gasteiger partial charge in [0.15, 0.2) is 0 Å². The normalized spacial score (nSPS) is 10.2. The van der Waals surface area contributed by atoms with Crippen LogP contribution in [0, 0.1) is 6.42 Å². The monoisotopic (exact) mass is 678 g/mol. The van der Waals surface area contributed by atoms with Crippen molar-refractivity contribution in [1.29, 1.82) is 0 Å². The van der Waals surface area contributed by atoms with E-state index in [0.29, 0.717) is 0 Å². The third kappa shape index (κ3) is 14.3. The zero-order valence-corrected chi connectivity index (χ0v) is 23.2. The number of rotatable bonds is 4. The summed E-state index contributed by atoms with van der Waals surface area (Å²) in [4.78, 5) is 30.3. The molecule has 0 saturated heterocycles. The van der Waals surface area contributed by atoms with Gasteiger partial charge in [-0.1, -0.05) is 91.0 Å². The summed E-state index contributed by atoms with van der Waals surface area (Å²) >= 11 is 0. The number of carbonyl (C=O) groups is 3. The van der Waals surface area contributed by atoms with E-state index in [1.807, 2.05) is 24.6 Å². The first-order valence-corrected chi connectivity index (χ1v) is 10.1. The van der Waals surface area contributed by atoms with Crippen molar-refractivity contribution in [3.05, 3.63) is 144 Å². The van der Waals surface area contributed by atoms with Gasteiger partial charge in [0.25, 0.3) is 0 Å². The second-order valence-corrected chi connectivity index (χ2v) is 6.40. The zero-order valence-electron chi connectivity index (χ0n) is 19.3. The quantitative estimate of drug-likeness (QED) is 0.300. The predicted octanol–water partition coefficient (Wildman–Crippen LogP) is 1.22. The van der Waals surface area contributed by atoms with Crippen LogP contribution in [-0.4, -0.2) is 52.3 Å². The second-order valence-electron chi connectivity index (χ2n) is 6.40. The summed E-state index contributed by atoms with van der Waals surface area (Å²) in [5, 5.41) is 30.3. The molecular formula is C28H22O7Pb-3. The van der Waals surface area contributed by atoms with Gasteiger partial charge >= 0.3 is 0 Å². The van der Waals surface area contributed by atoms with E-state index >= 15 is 0 Å². The van der Waals surface area contributed by atoms with Crippen molar-refractivity contribution in [2.45, 2.75) is 0 Å². The number of carboxylic acid groups (broad SMARTS) is 3. The Labute approximate surface area is 229 Å². The number of allylic oxidation sites excluding steroid dienone is 2. The molecule has 5 radical (unpaired) electrons. The molecule has 0 aromatic heterocycles.